The van der Waals surface area contributed by atoms with Crippen LogP contribution in [0.25, 0.3) is 0 Å². The SMILES string of the molecule is CN1CCN(OC(=O)/C=C\C(=O)ON2CCN(C)CC2)CC1. The van der Waals surface area contributed by atoms with Crippen LogP contribution in [-0.2, 0) is 19.3 Å². The highest BCUT2D eigenvalue weighted by atomic mass is 16.7. The first kappa shape index (κ1) is 16.9. The lowest BCUT2D eigenvalue weighted by molar-refractivity contribution is -0.193. The van der Waals surface area contributed by atoms with Crippen molar-refractivity contribution in [1.29, 1.82) is 0 Å². The molecule has 0 amide bonds. The highest BCUT2D eigenvalue weighted by molar-refractivity contribution is 5.91. The van der Waals surface area contributed by atoms with Gasteiger partial charge in [-0.25, -0.2) is 9.59 Å². The standard InChI is InChI=1S/C14H24N4O4/c1-15-5-9-17(10-6-15)21-13(19)3-4-14(20)22-18-11-7-16(2)8-12-18/h3-4H,5-12H2,1-2H3/b4-3-. The van der Waals surface area contributed by atoms with Crippen LogP contribution in [0.5, 0.6) is 0 Å². The van der Waals surface area contributed by atoms with Crippen molar-refractivity contribution in [2.24, 2.45) is 0 Å². The van der Waals surface area contributed by atoms with Gasteiger partial charge in [0.2, 0.25) is 0 Å². The van der Waals surface area contributed by atoms with Gasteiger partial charge < -0.3 is 19.5 Å². The molecule has 0 aromatic rings. The van der Waals surface area contributed by atoms with Crippen LogP contribution in [0.2, 0.25) is 0 Å². The van der Waals surface area contributed by atoms with Gasteiger partial charge in [-0.2, -0.15) is 0 Å². The molecular weight excluding hydrogens is 288 g/mol. The van der Waals surface area contributed by atoms with Gasteiger partial charge in [0.25, 0.3) is 0 Å². The zero-order valence-electron chi connectivity index (χ0n) is 13.2. The molecule has 2 saturated heterocycles. The second-order valence-corrected chi connectivity index (χ2v) is 5.62. The largest absolute Gasteiger partial charge is 0.364 e. The van der Waals surface area contributed by atoms with Crippen molar-refractivity contribution in [2.45, 2.75) is 0 Å². The van der Waals surface area contributed by atoms with Crippen LogP contribution in [0.4, 0.5) is 0 Å². The number of hydroxylamine groups is 4. The summed E-state index contributed by atoms with van der Waals surface area (Å²) in [5.74, 6) is -1.11. The first-order valence-electron chi connectivity index (χ1n) is 7.52. The van der Waals surface area contributed by atoms with Crippen molar-refractivity contribution >= 4 is 11.9 Å². The van der Waals surface area contributed by atoms with Crippen molar-refractivity contribution in [3.05, 3.63) is 12.2 Å². The highest BCUT2D eigenvalue weighted by Crippen LogP contribution is 2.02. The van der Waals surface area contributed by atoms with Gasteiger partial charge in [-0.1, -0.05) is 0 Å². The maximum Gasteiger partial charge on any atom is 0.349 e. The molecule has 8 heteroatoms. The van der Waals surface area contributed by atoms with E-state index in [1.807, 2.05) is 14.1 Å². The Morgan fingerprint density at radius 3 is 1.32 bits per heavy atom. The number of hydrogen-bond acceptors (Lipinski definition) is 8. The highest BCUT2D eigenvalue weighted by Gasteiger charge is 2.18. The molecule has 2 rings (SSSR count). The lowest BCUT2D eigenvalue weighted by Crippen LogP contribution is -2.45. The minimum atomic E-state index is -0.556. The molecule has 0 saturated carbocycles. The van der Waals surface area contributed by atoms with Gasteiger partial charge in [0.05, 0.1) is 0 Å². The molecule has 0 bridgehead atoms. The van der Waals surface area contributed by atoms with E-state index >= 15 is 0 Å². The lowest BCUT2D eigenvalue weighted by atomic mass is 10.4. The van der Waals surface area contributed by atoms with Gasteiger partial charge >= 0.3 is 11.9 Å². The summed E-state index contributed by atoms with van der Waals surface area (Å²) in [6, 6.07) is 0. The third-order valence-corrected chi connectivity index (χ3v) is 3.72. The van der Waals surface area contributed by atoms with Gasteiger partial charge in [0.15, 0.2) is 0 Å². The van der Waals surface area contributed by atoms with Gasteiger partial charge in [-0.3, -0.25) is 0 Å². The summed E-state index contributed by atoms with van der Waals surface area (Å²) in [4.78, 5) is 37.9. The summed E-state index contributed by atoms with van der Waals surface area (Å²) >= 11 is 0. The molecule has 0 aromatic carbocycles. The Kier molecular flexibility index (Phi) is 6.32. The van der Waals surface area contributed by atoms with E-state index in [4.69, 9.17) is 9.68 Å². The molecule has 0 atom stereocenters. The van der Waals surface area contributed by atoms with Crippen molar-refractivity contribution in [3.8, 4) is 0 Å². The first-order chi connectivity index (χ1) is 10.5. The summed E-state index contributed by atoms with van der Waals surface area (Å²) in [5, 5.41) is 3.22. The van der Waals surface area contributed by atoms with Crippen molar-refractivity contribution in [2.75, 3.05) is 66.5 Å². The van der Waals surface area contributed by atoms with Crippen LogP contribution < -0.4 is 0 Å². The Balaban J connectivity index is 1.67. The van der Waals surface area contributed by atoms with E-state index in [-0.39, 0.29) is 0 Å². The molecule has 0 unspecified atom stereocenters. The van der Waals surface area contributed by atoms with Crippen LogP contribution in [0.1, 0.15) is 0 Å². The first-order valence-corrected chi connectivity index (χ1v) is 7.52. The van der Waals surface area contributed by atoms with E-state index in [1.54, 1.807) is 10.1 Å². The predicted molar refractivity (Wildman–Crippen MR) is 79.5 cm³/mol. The second-order valence-electron chi connectivity index (χ2n) is 5.62. The number of carbonyl (C=O) groups is 2. The van der Waals surface area contributed by atoms with Crippen LogP contribution in [0.3, 0.4) is 0 Å². The number of hydrogen-bond donors (Lipinski definition) is 0. The van der Waals surface area contributed by atoms with E-state index in [2.05, 4.69) is 9.80 Å². The zero-order valence-corrected chi connectivity index (χ0v) is 13.2. The average molecular weight is 312 g/mol. The Morgan fingerprint density at radius 1 is 0.682 bits per heavy atom. The number of piperazine rings is 2. The molecule has 2 fully saturated rings. The topological polar surface area (TPSA) is 65.6 Å². The maximum absolute atomic E-state index is 11.6. The second kappa shape index (κ2) is 8.23. The Morgan fingerprint density at radius 2 is 1.00 bits per heavy atom. The minimum absolute atomic E-state index is 0.556. The Bertz CT molecular complexity index is 375. The molecule has 2 aliphatic heterocycles. The molecule has 8 nitrogen and oxygen atoms in total. The van der Waals surface area contributed by atoms with E-state index in [0.717, 1.165) is 38.3 Å². The van der Waals surface area contributed by atoms with Crippen molar-refractivity contribution < 1.29 is 19.3 Å². The molecule has 0 radical (unpaired) electrons. The molecule has 0 aromatic heterocycles. The van der Waals surface area contributed by atoms with E-state index in [1.165, 1.54) is 0 Å². The molecule has 0 aliphatic carbocycles. The fourth-order valence-corrected chi connectivity index (χ4v) is 2.21. The quantitative estimate of drug-likeness (QED) is 0.610. The minimum Gasteiger partial charge on any atom is -0.364 e. The van der Waals surface area contributed by atoms with E-state index in [0.29, 0.717) is 26.2 Å². The molecule has 22 heavy (non-hydrogen) atoms. The lowest BCUT2D eigenvalue weighted by Gasteiger charge is -2.30. The van der Waals surface area contributed by atoms with Crippen molar-refractivity contribution in [3.63, 3.8) is 0 Å². The summed E-state index contributed by atoms with van der Waals surface area (Å²) in [7, 11) is 4.04. The van der Waals surface area contributed by atoms with Crippen LogP contribution in [0, 0.1) is 0 Å². The third kappa shape index (κ3) is 5.72. The number of carbonyl (C=O) groups excluding carboxylic acids is 2. The third-order valence-electron chi connectivity index (χ3n) is 3.72. The number of nitrogens with zero attached hydrogens (tertiary/aromatic N) is 4. The Labute approximate surface area is 130 Å². The van der Waals surface area contributed by atoms with Gasteiger partial charge in [-0.05, 0) is 14.1 Å². The van der Waals surface area contributed by atoms with Crippen LogP contribution in [0.15, 0.2) is 12.2 Å². The number of rotatable bonds is 4. The predicted octanol–water partition coefficient (Wildman–Crippen LogP) is -1.05. The monoisotopic (exact) mass is 312 g/mol. The molecule has 2 heterocycles. The molecular formula is C14H24N4O4. The fourth-order valence-electron chi connectivity index (χ4n) is 2.21. The zero-order chi connectivity index (χ0) is 15.9. The van der Waals surface area contributed by atoms with E-state index in [9.17, 15) is 9.59 Å². The summed E-state index contributed by atoms with van der Waals surface area (Å²) in [6.07, 6.45) is 2.22. The summed E-state index contributed by atoms with van der Waals surface area (Å²) in [5.41, 5.74) is 0. The van der Waals surface area contributed by atoms with Crippen molar-refractivity contribution in [1.82, 2.24) is 19.9 Å². The smallest absolute Gasteiger partial charge is 0.349 e. The summed E-state index contributed by atoms with van der Waals surface area (Å²) < 4.78 is 0. The molecule has 2 aliphatic rings. The summed E-state index contributed by atoms with van der Waals surface area (Å²) in [6.45, 7) is 6.07. The van der Waals surface area contributed by atoms with Gasteiger partial charge in [-0.15, -0.1) is 10.1 Å². The van der Waals surface area contributed by atoms with Crippen LogP contribution >= 0.6 is 0 Å². The molecule has 0 spiro atoms. The molecule has 124 valence electrons. The normalized spacial score (nSPS) is 22.8. The maximum atomic E-state index is 11.6. The van der Waals surface area contributed by atoms with Gasteiger partial charge in [0.1, 0.15) is 0 Å². The van der Waals surface area contributed by atoms with Gasteiger partial charge in [0, 0.05) is 64.5 Å². The van der Waals surface area contributed by atoms with E-state index < -0.39 is 11.9 Å². The number of likely N-dealkylation sites (N-methyl/N-ethyl adjacent to an activating group) is 2. The average Bonchev–Trinajstić information content (AvgIpc) is 2.50. The van der Waals surface area contributed by atoms with Crippen LogP contribution in [-0.4, -0.2) is 98.3 Å². The fraction of sp³-hybridized carbons (Fsp3) is 0.714. The Hall–Kier alpha value is -1.48. The molecule has 0 N–H and O–H groups in total.